The van der Waals surface area contributed by atoms with Crippen LogP contribution < -0.4 is 5.32 Å². The van der Waals surface area contributed by atoms with Crippen LogP contribution >= 0.6 is 0 Å². The molecule has 0 atom stereocenters. The first-order valence-electron chi connectivity index (χ1n) is 11.0. The lowest BCUT2D eigenvalue weighted by Gasteiger charge is -2.32. The van der Waals surface area contributed by atoms with E-state index in [0.717, 1.165) is 5.56 Å². The van der Waals surface area contributed by atoms with E-state index in [1.54, 1.807) is 35.2 Å². The molecule has 166 valence electrons. The van der Waals surface area contributed by atoms with Gasteiger partial charge in [0.1, 0.15) is 0 Å². The number of benzene rings is 2. The Morgan fingerprint density at radius 1 is 0.969 bits per heavy atom. The van der Waals surface area contributed by atoms with E-state index in [1.807, 2.05) is 25.1 Å². The van der Waals surface area contributed by atoms with Crippen molar-refractivity contribution in [2.24, 2.45) is 0 Å². The number of nitrogens with zero attached hydrogens (tertiary/aromatic N) is 2. The third-order valence-electron chi connectivity index (χ3n) is 6.11. The van der Waals surface area contributed by atoms with Crippen LogP contribution in [0.2, 0.25) is 0 Å². The number of hydrogen-bond acceptors (Lipinski definition) is 4. The zero-order chi connectivity index (χ0) is 22.7. The molecule has 32 heavy (non-hydrogen) atoms. The fraction of sp³-hybridized carbons (Fsp3) is 0.360. The summed E-state index contributed by atoms with van der Waals surface area (Å²) in [6.07, 6.45) is 2.14. The molecule has 4 rings (SSSR count). The topological polar surface area (TPSA) is 86.8 Å². The molecule has 0 aliphatic carbocycles. The third kappa shape index (κ3) is 4.56. The fourth-order valence-corrected chi connectivity index (χ4v) is 4.32. The lowest BCUT2D eigenvalue weighted by Crippen LogP contribution is -2.46. The first-order chi connectivity index (χ1) is 15.4. The number of carbonyl (C=O) groups excluding carboxylic acids is 4. The van der Waals surface area contributed by atoms with E-state index in [9.17, 15) is 19.2 Å². The van der Waals surface area contributed by atoms with Gasteiger partial charge in [0.15, 0.2) is 0 Å². The van der Waals surface area contributed by atoms with E-state index in [0.29, 0.717) is 49.0 Å². The first kappa shape index (κ1) is 21.7. The van der Waals surface area contributed by atoms with Crippen molar-refractivity contribution in [2.75, 3.05) is 19.6 Å². The molecule has 2 aromatic carbocycles. The number of carbonyl (C=O) groups is 4. The number of fused-ring (bicyclic) bond motifs is 1. The molecule has 2 aliphatic rings. The van der Waals surface area contributed by atoms with Crippen molar-refractivity contribution >= 4 is 23.6 Å². The molecule has 1 saturated heterocycles. The number of aryl methyl sites for hydroxylation is 1. The van der Waals surface area contributed by atoms with Crippen LogP contribution in [0.3, 0.4) is 0 Å². The molecule has 0 radical (unpaired) electrons. The summed E-state index contributed by atoms with van der Waals surface area (Å²) in [5, 5.41) is 3.06. The normalized spacial score (nSPS) is 16.3. The molecule has 0 saturated carbocycles. The maximum Gasteiger partial charge on any atom is 0.261 e. The van der Waals surface area contributed by atoms with E-state index in [-0.39, 0.29) is 42.6 Å². The monoisotopic (exact) mass is 433 g/mol. The van der Waals surface area contributed by atoms with Crippen LogP contribution in [0.4, 0.5) is 0 Å². The predicted molar refractivity (Wildman–Crippen MR) is 119 cm³/mol. The maximum absolute atomic E-state index is 12.6. The number of piperidine rings is 1. The van der Waals surface area contributed by atoms with Crippen molar-refractivity contribution in [2.45, 2.75) is 38.6 Å². The average molecular weight is 434 g/mol. The average Bonchev–Trinajstić information content (AvgIpc) is 3.04. The molecule has 1 N–H and O–H groups in total. The van der Waals surface area contributed by atoms with Crippen LogP contribution in [-0.4, -0.2) is 59.1 Å². The van der Waals surface area contributed by atoms with Crippen molar-refractivity contribution < 1.29 is 19.2 Å². The highest BCUT2D eigenvalue weighted by Gasteiger charge is 2.34. The minimum Gasteiger partial charge on any atom is -0.349 e. The van der Waals surface area contributed by atoms with E-state index in [2.05, 4.69) is 5.32 Å². The van der Waals surface area contributed by atoms with Gasteiger partial charge in [-0.2, -0.15) is 0 Å². The first-order valence-corrected chi connectivity index (χ1v) is 11.0. The number of hydrogen-bond donors (Lipinski definition) is 1. The number of nitrogens with one attached hydrogen (secondary N) is 1. The van der Waals surface area contributed by atoms with Gasteiger partial charge in [0.2, 0.25) is 5.91 Å². The standard InChI is InChI=1S/C25H27N3O4/c1-17-6-4-7-18(16-17)23(30)26-19-11-14-27(15-12-19)22(29)10-5-13-28-24(31)20-8-2-3-9-21(20)25(28)32/h2-4,6-9,16,19H,5,10-15H2,1H3,(H,26,30). The number of likely N-dealkylation sites (tertiary alicyclic amines) is 1. The Bertz CT molecular complexity index is 1020. The quantitative estimate of drug-likeness (QED) is 0.710. The van der Waals surface area contributed by atoms with E-state index >= 15 is 0 Å². The van der Waals surface area contributed by atoms with Crippen molar-refractivity contribution in [3.05, 3.63) is 70.8 Å². The SMILES string of the molecule is Cc1cccc(C(=O)NC2CCN(C(=O)CCCN3C(=O)c4ccccc4C3=O)CC2)c1. The molecule has 0 spiro atoms. The minimum atomic E-state index is -0.289. The van der Waals surface area contributed by atoms with Crippen LogP contribution in [0.5, 0.6) is 0 Å². The molecule has 1 fully saturated rings. The Labute approximate surface area is 187 Å². The second kappa shape index (κ2) is 9.34. The summed E-state index contributed by atoms with van der Waals surface area (Å²) < 4.78 is 0. The smallest absolute Gasteiger partial charge is 0.261 e. The molecular formula is C25H27N3O4. The van der Waals surface area contributed by atoms with Crippen LogP contribution in [-0.2, 0) is 4.79 Å². The summed E-state index contributed by atoms with van der Waals surface area (Å²) in [7, 11) is 0. The zero-order valence-corrected chi connectivity index (χ0v) is 18.2. The molecular weight excluding hydrogens is 406 g/mol. The van der Waals surface area contributed by atoms with E-state index < -0.39 is 0 Å². The number of imide groups is 1. The summed E-state index contributed by atoms with van der Waals surface area (Å²) in [4.78, 5) is 52.9. The molecule has 7 heteroatoms. The lowest BCUT2D eigenvalue weighted by atomic mass is 10.0. The molecule has 4 amide bonds. The summed E-state index contributed by atoms with van der Waals surface area (Å²) in [6, 6.07) is 14.3. The molecule has 0 bridgehead atoms. The highest BCUT2D eigenvalue weighted by atomic mass is 16.2. The Balaban J connectivity index is 1.20. The van der Waals surface area contributed by atoms with Crippen LogP contribution in [0.25, 0.3) is 0 Å². The summed E-state index contributed by atoms with van der Waals surface area (Å²) >= 11 is 0. The van der Waals surface area contributed by atoms with Gasteiger partial charge in [-0.25, -0.2) is 0 Å². The van der Waals surface area contributed by atoms with Gasteiger partial charge in [0.05, 0.1) is 11.1 Å². The molecule has 0 aromatic heterocycles. The largest absolute Gasteiger partial charge is 0.349 e. The third-order valence-corrected chi connectivity index (χ3v) is 6.11. The minimum absolute atomic E-state index is 0.0186. The summed E-state index contributed by atoms with van der Waals surface area (Å²) in [5.41, 5.74) is 2.55. The Morgan fingerprint density at radius 3 is 2.25 bits per heavy atom. The van der Waals surface area contributed by atoms with Gasteiger partial charge in [-0.05, 0) is 50.5 Å². The predicted octanol–water partition coefficient (Wildman–Crippen LogP) is 2.79. The zero-order valence-electron chi connectivity index (χ0n) is 18.2. The summed E-state index contributed by atoms with van der Waals surface area (Å²) in [6.45, 7) is 3.37. The second-order valence-electron chi connectivity index (χ2n) is 8.41. The summed E-state index contributed by atoms with van der Waals surface area (Å²) in [5.74, 6) is -0.643. The molecule has 2 aromatic rings. The Kier molecular flexibility index (Phi) is 6.35. The van der Waals surface area contributed by atoms with Gasteiger partial charge < -0.3 is 10.2 Å². The van der Waals surface area contributed by atoms with Gasteiger partial charge in [0.25, 0.3) is 17.7 Å². The molecule has 7 nitrogen and oxygen atoms in total. The Hall–Kier alpha value is -3.48. The van der Waals surface area contributed by atoms with Crippen LogP contribution in [0.15, 0.2) is 48.5 Å². The molecule has 2 heterocycles. The van der Waals surface area contributed by atoms with Gasteiger partial charge in [-0.15, -0.1) is 0 Å². The van der Waals surface area contributed by atoms with Crippen molar-refractivity contribution in [1.82, 2.24) is 15.1 Å². The van der Waals surface area contributed by atoms with E-state index in [4.69, 9.17) is 0 Å². The highest BCUT2D eigenvalue weighted by Crippen LogP contribution is 2.23. The van der Waals surface area contributed by atoms with Gasteiger partial charge >= 0.3 is 0 Å². The number of rotatable bonds is 6. The van der Waals surface area contributed by atoms with Gasteiger partial charge in [-0.3, -0.25) is 24.1 Å². The molecule has 0 unspecified atom stereocenters. The van der Waals surface area contributed by atoms with Gasteiger partial charge in [-0.1, -0.05) is 29.8 Å². The second-order valence-corrected chi connectivity index (χ2v) is 8.41. The molecule has 2 aliphatic heterocycles. The van der Waals surface area contributed by atoms with Crippen molar-refractivity contribution in [3.63, 3.8) is 0 Å². The number of amides is 4. The van der Waals surface area contributed by atoms with Crippen LogP contribution in [0.1, 0.15) is 62.3 Å². The van der Waals surface area contributed by atoms with Crippen molar-refractivity contribution in [3.8, 4) is 0 Å². The van der Waals surface area contributed by atoms with Gasteiger partial charge in [0, 0.05) is 37.7 Å². The lowest BCUT2D eigenvalue weighted by molar-refractivity contribution is -0.132. The fourth-order valence-electron chi connectivity index (χ4n) is 4.32. The maximum atomic E-state index is 12.6. The highest BCUT2D eigenvalue weighted by molar-refractivity contribution is 6.21. The van der Waals surface area contributed by atoms with Crippen LogP contribution in [0, 0.1) is 6.92 Å². The van der Waals surface area contributed by atoms with E-state index in [1.165, 1.54) is 4.90 Å². The van der Waals surface area contributed by atoms with Crippen molar-refractivity contribution in [1.29, 1.82) is 0 Å². The Morgan fingerprint density at radius 2 is 1.62 bits per heavy atom.